The zero-order chi connectivity index (χ0) is 9.38. The molecule has 0 saturated heterocycles. The molecule has 0 fully saturated rings. The monoisotopic (exact) mass is 185 g/mol. The van der Waals surface area contributed by atoms with Crippen molar-refractivity contribution in [3.8, 4) is 0 Å². The molecule has 0 unspecified atom stereocenters. The Morgan fingerprint density at radius 2 is 2.14 bits per heavy atom. The molecule has 2 aliphatic heterocycles. The third-order valence-electron chi connectivity index (χ3n) is 2.09. The van der Waals surface area contributed by atoms with E-state index in [0.717, 1.165) is 10.6 Å². The van der Waals surface area contributed by atoms with Gasteiger partial charge in [0.1, 0.15) is 0 Å². The fourth-order valence-corrected chi connectivity index (χ4v) is 1.41. The summed E-state index contributed by atoms with van der Waals surface area (Å²) in [6.07, 6.45) is 1.75. The minimum Gasteiger partial charge on any atom is -0.452 e. The zero-order valence-corrected chi connectivity index (χ0v) is 7.34. The van der Waals surface area contributed by atoms with Gasteiger partial charge in [-0.15, -0.1) is 0 Å². The van der Waals surface area contributed by atoms with Crippen molar-refractivity contribution < 1.29 is 4.74 Å². The molecule has 3 rings (SSSR count). The molecular formula is C10H7N3O. The van der Waals surface area contributed by atoms with E-state index in [0.29, 0.717) is 18.5 Å². The van der Waals surface area contributed by atoms with Gasteiger partial charge in [0.05, 0.1) is 5.36 Å². The molecule has 68 valence electrons. The molecule has 0 spiro atoms. The molecule has 2 aliphatic rings. The molecular weight excluding hydrogens is 178 g/mol. The lowest BCUT2D eigenvalue weighted by Gasteiger charge is -1.91. The summed E-state index contributed by atoms with van der Waals surface area (Å²) in [6, 6.07) is 7.79. The van der Waals surface area contributed by atoms with Crippen LogP contribution in [-0.4, -0.2) is 18.5 Å². The Morgan fingerprint density at radius 1 is 1.21 bits per heavy atom. The number of hydrogen-bond donors (Lipinski definition) is 0. The summed E-state index contributed by atoms with van der Waals surface area (Å²) in [5.74, 6) is 1.10. The summed E-state index contributed by atoms with van der Waals surface area (Å²) in [7, 11) is 0. The van der Waals surface area contributed by atoms with Gasteiger partial charge in [0.2, 0.25) is 5.84 Å². The summed E-state index contributed by atoms with van der Waals surface area (Å²) in [5.41, 5.74) is 0. The third kappa shape index (κ3) is 1.04. The van der Waals surface area contributed by atoms with Gasteiger partial charge in [-0.3, -0.25) is 0 Å². The number of benzene rings is 1. The van der Waals surface area contributed by atoms with E-state index < -0.39 is 0 Å². The Labute approximate surface area is 80.0 Å². The predicted octanol–water partition coefficient (Wildman–Crippen LogP) is -0.158. The fraction of sp³-hybridized carbons (Fsp3) is 0.100. The highest BCUT2D eigenvalue weighted by molar-refractivity contribution is 6.39. The topological polar surface area (TPSA) is 46.3 Å². The van der Waals surface area contributed by atoms with Crippen molar-refractivity contribution in [1.29, 1.82) is 0 Å². The summed E-state index contributed by atoms with van der Waals surface area (Å²) in [4.78, 5) is 12.6. The average Bonchev–Trinajstić information content (AvgIpc) is 2.58. The quantitative estimate of drug-likeness (QED) is 0.554. The van der Waals surface area contributed by atoms with Gasteiger partial charge < -0.3 is 4.74 Å². The first-order valence-electron chi connectivity index (χ1n) is 4.33. The Bertz CT molecular complexity index is 557. The summed E-state index contributed by atoms with van der Waals surface area (Å²) < 4.78 is 5.19. The average molecular weight is 185 g/mol. The number of aliphatic imine (C=N–C) groups is 2. The van der Waals surface area contributed by atoms with Crippen LogP contribution < -0.4 is 10.6 Å². The molecule has 0 N–H and O–H groups in total. The molecule has 0 aliphatic carbocycles. The fourth-order valence-electron chi connectivity index (χ4n) is 1.41. The molecule has 0 atom stereocenters. The van der Waals surface area contributed by atoms with Crippen molar-refractivity contribution in [2.45, 2.75) is 0 Å². The van der Waals surface area contributed by atoms with E-state index in [9.17, 15) is 0 Å². The minimum atomic E-state index is 0.327. The molecule has 4 heteroatoms. The molecule has 2 heterocycles. The van der Waals surface area contributed by atoms with Crippen LogP contribution in [0.25, 0.3) is 6.20 Å². The molecule has 0 aromatic heterocycles. The highest BCUT2D eigenvalue weighted by Gasteiger charge is 2.16. The van der Waals surface area contributed by atoms with Gasteiger partial charge in [-0.25, -0.2) is 15.0 Å². The van der Waals surface area contributed by atoms with Crippen molar-refractivity contribution >= 4 is 17.9 Å². The summed E-state index contributed by atoms with van der Waals surface area (Å²) >= 11 is 0. The molecule has 14 heavy (non-hydrogen) atoms. The van der Waals surface area contributed by atoms with Crippen LogP contribution in [0.4, 0.5) is 0 Å². The highest BCUT2D eigenvalue weighted by atomic mass is 16.5. The second kappa shape index (κ2) is 2.77. The van der Waals surface area contributed by atoms with Gasteiger partial charge in [0, 0.05) is 11.4 Å². The van der Waals surface area contributed by atoms with Crippen molar-refractivity contribution in [1.82, 2.24) is 0 Å². The summed E-state index contributed by atoms with van der Waals surface area (Å²) in [6.45, 7) is 0.327. The van der Waals surface area contributed by atoms with Gasteiger partial charge >= 0.3 is 0 Å². The molecule has 4 nitrogen and oxygen atoms in total. The van der Waals surface area contributed by atoms with Crippen molar-refractivity contribution in [3.05, 3.63) is 34.8 Å². The van der Waals surface area contributed by atoms with Gasteiger partial charge in [-0.2, -0.15) is 0 Å². The van der Waals surface area contributed by atoms with Crippen LogP contribution in [0.1, 0.15) is 0 Å². The van der Waals surface area contributed by atoms with Crippen molar-refractivity contribution in [3.63, 3.8) is 0 Å². The lowest BCUT2D eigenvalue weighted by atomic mass is 10.3. The smallest absolute Gasteiger partial charge is 0.261 e. The summed E-state index contributed by atoms with van der Waals surface area (Å²) in [5, 5.41) is 1.87. The number of rotatable bonds is 0. The number of fused-ring (bicyclic) bond motifs is 2. The molecule has 1 aromatic rings. The maximum absolute atomic E-state index is 5.19. The first-order valence-corrected chi connectivity index (χ1v) is 4.33. The van der Waals surface area contributed by atoms with Gasteiger partial charge in [0.25, 0.3) is 5.90 Å². The molecule has 0 radical (unpaired) electrons. The molecule has 1 aromatic carbocycles. The van der Waals surface area contributed by atoms with E-state index in [1.807, 2.05) is 24.3 Å². The number of amidine groups is 1. The van der Waals surface area contributed by atoms with Crippen LogP contribution in [0, 0.1) is 0 Å². The third-order valence-corrected chi connectivity index (χ3v) is 2.09. The van der Waals surface area contributed by atoms with Gasteiger partial charge in [-0.05, 0) is 6.07 Å². The first kappa shape index (κ1) is 7.44. The maximum atomic E-state index is 5.19. The lowest BCUT2D eigenvalue weighted by Crippen LogP contribution is -2.24. The van der Waals surface area contributed by atoms with E-state index in [-0.39, 0.29) is 0 Å². The van der Waals surface area contributed by atoms with Crippen LogP contribution in [0.15, 0.2) is 39.2 Å². The Hall–Kier alpha value is -1.97. The van der Waals surface area contributed by atoms with Gasteiger partial charge in [-0.1, -0.05) is 18.2 Å². The largest absolute Gasteiger partial charge is 0.452 e. The van der Waals surface area contributed by atoms with E-state index in [1.54, 1.807) is 6.20 Å². The Balaban J connectivity index is 2.35. The normalized spacial score (nSPS) is 17.4. The standard InChI is InChI=1S/C10H7N3O/c1-2-4-8-7(3-1)5-11-10-9(13-8)12-6-14-10/h1-5H,6H2. The number of hydrogen-bond acceptors (Lipinski definition) is 4. The van der Waals surface area contributed by atoms with Crippen LogP contribution in [-0.2, 0) is 4.74 Å². The van der Waals surface area contributed by atoms with Gasteiger partial charge in [0.15, 0.2) is 6.73 Å². The Morgan fingerprint density at radius 3 is 3.14 bits per heavy atom. The first-order chi connectivity index (χ1) is 6.93. The maximum Gasteiger partial charge on any atom is 0.261 e. The minimum absolute atomic E-state index is 0.327. The molecule has 0 bridgehead atoms. The lowest BCUT2D eigenvalue weighted by molar-refractivity contribution is 0.340. The predicted molar refractivity (Wildman–Crippen MR) is 52.5 cm³/mol. The van der Waals surface area contributed by atoms with Crippen molar-refractivity contribution in [2.24, 2.45) is 15.0 Å². The van der Waals surface area contributed by atoms with Crippen LogP contribution in [0.3, 0.4) is 0 Å². The van der Waals surface area contributed by atoms with E-state index >= 15 is 0 Å². The number of nitrogens with zero attached hydrogens (tertiary/aromatic N) is 3. The SMILES string of the molecule is C1=c2ccccc2=NC2=NCOC2=N1. The number of para-hydroxylation sites is 1. The van der Waals surface area contributed by atoms with E-state index in [2.05, 4.69) is 15.0 Å². The van der Waals surface area contributed by atoms with E-state index in [4.69, 9.17) is 4.74 Å². The van der Waals surface area contributed by atoms with Crippen LogP contribution >= 0.6 is 0 Å². The van der Waals surface area contributed by atoms with E-state index in [1.165, 1.54) is 0 Å². The molecule has 0 amide bonds. The highest BCUT2D eigenvalue weighted by Crippen LogP contribution is 2.00. The second-order valence-corrected chi connectivity index (χ2v) is 2.99. The molecule has 0 saturated carbocycles. The zero-order valence-electron chi connectivity index (χ0n) is 7.34. The second-order valence-electron chi connectivity index (χ2n) is 2.99. The van der Waals surface area contributed by atoms with Crippen LogP contribution in [0.2, 0.25) is 0 Å². The Kier molecular flexibility index (Phi) is 1.47. The van der Waals surface area contributed by atoms with Crippen LogP contribution in [0.5, 0.6) is 0 Å². The van der Waals surface area contributed by atoms with Crippen molar-refractivity contribution in [2.75, 3.05) is 6.73 Å². The number of ether oxygens (including phenoxy) is 1.